The molecule has 0 atom stereocenters. The van der Waals surface area contributed by atoms with E-state index in [-0.39, 0.29) is 6.03 Å². The molecule has 7 heteroatoms. The van der Waals surface area contributed by atoms with Crippen LogP contribution in [0.1, 0.15) is 56.5 Å². The van der Waals surface area contributed by atoms with Crippen molar-refractivity contribution >= 4 is 6.03 Å². The number of amides is 2. The van der Waals surface area contributed by atoms with E-state index in [0.717, 1.165) is 42.8 Å². The Morgan fingerprint density at radius 2 is 2.04 bits per heavy atom. The predicted molar refractivity (Wildman–Crippen MR) is 105 cm³/mol. The van der Waals surface area contributed by atoms with Crippen molar-refractivity contribution in [2.75, 3.05) is 13.6 Å². The number of hydrogen-bond acceptors (Lipinski definition) is 4. The highest BCUT2D eigenvalue weighted by Crippen LogP contribution is 2.43. The Bertz CT molecular complexity index is 807. The van der Waals surface area contributed by atoms with Crippen LogP contribution in [0.3, 0.4) is 0 Å². The fourth-order valence-electron chi connectivity index (χ4n) is 4.02. The highest BCUT2D eigenvalue weighted by atomic mass is 16.2. The number of rotatable bonds is 4. The van der Waals surface area contributed by atoms with E-state index in [1.165, 1.54) is 5.56 Å². The highest BCUT2D eigenvalue weighted by Gasteiger charge is 2.46. The van der Waals surface area contributed by atoms with E-state index in [9.17, 15) is 4.79 Å². The number of carbonyl (C=O) groups excluding carboxylic acids is 1. The van der Waals surface area contributed by atoms with Gasteiger partial charge < -0.3 is 10.2 Å². The van der Waals surface area contributed by atoms with Gasteiger partial charge in [-0.05, 0) is 80.0 Å². The maximum absolute atomic E-state index is 12.7. The molecule has 1 aromatic heterocycles. The molecule has 2 aromatic rings. The van der Waals surface area contributed by atoms with Crippen LogP contribution in [0.2, 0.25) is 0 Å². The molecule has 1 aliphatic carbocycles. The van der Waals surface area contributed by atoms with Crippen LogP contribution in [0.5, 0.6) is 0 Å². The second-order valence-corrected chi connectivity index (χ2v) is 7.74. The third-order valence-electron chi connectivity index (χ3n) is 6.07. The molecule has 1 aromatic carbocycles. The molecule has 1 heterocycles. The quantitative estimate of drug-likeness (QED) is 0.895. The van der Waals surface area contributed by atoms with Crippen LogP contribution in [-0.2, 0) is 5.54 Å². The first kappa shape index (κ1) is 19.3. The smallest absolute Gasteiger partial charge is 0.317 e. The molecule has 0 spiro atoms. The second kappa shape index (κ2) is 7.66. The first-order valence-electron chi connectivity index (χ1n) is 9.78. The minimum absolute atomic E-state index is 0.0810. The van der Waals surface area contributed by atoms with E-state index < -0.39 is 5.54 Å². The molecule has 1 aliphatic rings. The molecule has 0 bridgehead atoms. The lowest BCUT2D eigenvalue weighted by Gasteiger charge is -2.44. The highest BCUT2D eigenvalue weighted by molar-refractivity contribution is 5.75. The number of tetrazole rings is 1. The summed E-state index contributed by atoms with van der Waals surface area (Å²) in [6.45, 7) is 8.96. The normalized spacial score (nSPS) is 22.5. The lowest BCUT2D eigenvalue weighted by molar-refractivity contribution is 0.0725. The van der Waals surface area contributed by atoms with Crippen molar-refractivity contribution in [3.63, 3.8) is 0 Å². The van der Waals surface area contributed by atoms with Crippen molar-refractivity contribution in [3.8, 4) is 5.69 Å². The maximum Gasteiger partial charge on any atom is 0.317 e. The number of nitrogens with one attached hydrogen (secondary N) is 1. The molecule has 3 rings (SSSR count). The van der Waals surface area contributed by atoms with Gasteiger partial charge in [0, 0.05) is 13.6 Å². The van der Waals surface area contributed by atoms with E-state index in [1.807, 2.05) is 35.7 Å². The summed E-state index contributed by atoms with van der Waals surface area (Å²) < 4.78 is 1.83. The summed E-state index contributed by atoms with van der Waals surface area (Å²) in [5.41, 5.74) is 2.80. The first-order valence-corrected chi connectivity index (χ1v) is 9.78. The van der Waals surface area contributed by atoms with Crippen molar-refractivity contribution < 1.29 is 4.79 Å². The summed E-state index contributed by atoms with van der Waals surface area (Å²) in [4.78, 5) is 14.5. The number of aromatic nitrogens is 4. The predicted octanol–water partition coefficient (Wildman–Crippen LogP) is 3.35. The van der Waals surface area contributed by atoms with E-state index in [4.69, 9.17) is 0 Å². The van der Waals surface area contributed by atoms with Gasteiger partial charge in [0.25, 0.3) is 0 Å². The summed E-state index contributed by atoms with van der Waals surface area (Å²) in [6, 6.07) is 6.06. The Morgan fingerprint density at radius 1 is 1.33 bits per heavy atom. The monoisotopic (exact) mass is 370 g/mol. The van der Waals surface area contributed by atoms with Gasteiger partial charge in [-0.15, -0.1) is 5.10 Å². The molecule has 0 unspecified atom stereocenters. The average Bonchev–Trinajstić information content (AvgIpc) is 3.14. The molecule has 0 saturated heterocycles. The minimum atomic E-state index is -0.508. The van der Waals surface area contributed by atoms with Gasteiger partial charge in [0.2, 0.25) is 0 Å². The molecule has 0 aliphatic heterocycles. The fourth-order valence-corrected chi connectivity index (χ4v) is 4.02. The molecular weight excluding hydrogens is 340 g/mol. The van der Waals surface area contributed by atoms with Crippen molar-refractivity contribution in [3.05, 3.63) is 35.2 Å². The number of urea groups is 1. The Labute approximate surface area is 161 Å². The summed E-state index contributed by atoms with van der Waals surface area (Å²) in [7, 11) is 1.86. The zero-order chi connectivity index (χ0) is 19.6. The summed E-state index contributed by atoms with van der Waals surface area (Å²) in [5.74, 6) is 1.39. The van der Waals surface area contributed by atoms with E-state index in [0.29, 0.717) is 12.5 Å². The molecule has 1 fully saturated rings. The number of aryl methyl sites for hydroxylation is 1. The van der Waals surface area contributed by atoms with Crippen molar-refractivity contribution in [1.82, 2.24) is 30.4 Å². The average molecular weight is 371 g/mol. The van der Waals surface area contributed by atoms with Gasteiger partial charge in [0.05, 0.1) is 5.69 Å². The Hall–Kier alpha value is -2.44. The number of hydrogen-bond donors (Lipinski definition) is 1. The number of nitrogens with zero attached hydrogens (tertiary/aromatic N) is 5. The largest absolute Gasteiger partial charge is 0.338 e. The third kappa shape index (κ3) is 3.42. The Balaban J connectivity index is 2.11. The Kier molecular flexibility index (Phi) is 5.48. The fraction of sp³-hybridized carbons (Fsp3) is 0.600. The van der Waals surface area contributed by atoms with Gasteiger partial charge >= 0.3 is 6.03 Å². The summed E-state index contributed by atoms with van der Waals surface area (Å²) >= 11 is 0. The number of benzene rings is 1. The molecule has 0 radical (unpaired) electrons. The van der Waals surface area contributed by atoms with Crippen LogP contribution < -0.4 is 5.32 Å². The maximum atomic E-state index is 12.7. The molecule has 27 heavy (non-hydrogen) atoms. The van der Waals surface area contributed by atoms with Crippen LogP contribution in [0.15, 0.2) is 18.2 Å². The van der Waals surface area contributed by atoms with Crippen LogP contribution in [0.25, 0.3) is 5.69 Å². The molecule has 146 valence electrons. The van der Waals surface area contributed by atoms with Crippen molar-refractivity contribution in [2.24, 2.45) is 5.92 Å². The summed E-state index contributed by atoms with van der Waals surface area (Å²) in [5, 5.41) is 15.7. The van der Waals surface area contributed by atoms with Crippen LogP contribution in [-0.4, -0.2) is 44.7 Å². The van der Waals surface area contributed by atoms with Crippen molar-refractivity contribution in [2.45, 2.75) is 58.9 Å². The van der Waals surface area contributed by atoms with Crippen LogP contribution >= 0.6 is 0 Å². The van der Waals surface area contributed by atoms with Gasteiger partial charge in [0.1, 0.15) is 5.54 Å². The minimum Gasteiger partial charge on any atom is -0.338 e. The lowest BCUT2D eigenvalue weighted by Crippen LogP contribution is -2.53. The van der Waals surface area contributed by atoms with Crippen molar-refractivity contribution in [1.29, 1.82) is 0 Å². The SMILES string of the molecule is CCNC(=O)N(C)C1(c2nnnn2-c2cccc(C)c2C)CCC(C)CC1. The standard InChI is InChI=1S/C20H30N6O/c1-6-21-19(27)25(5)20(12-10-14(2)11-13-20)18-22-23-24-26(18)17-9-7-8-15(3)16(17)4/h7-9,14H,6,10-13H2,1-5H3,(H,21,27). The Morgan fingerprint density at radius 3 is 2.70 bits per heavy atom. The zero-order valence-corrected chi connectivity index (χ0v) is 17.0. The first-order chi connectivity index (χ1) is 12.9. The second-order valence-electron chi connectivity index (χ2n) is 7.74. The lowest BCUT2D eigenvalue weighted by atomic mass is 9.75. The zero-order valence-electron chi connectivity index (χ0n) is 17.0. The molecular formula is C20H30N6O. The topological polar surface area (TPSA) is 75.9 Å². The molecule has 2 amide bonds. The van der Waals surface area contributed by atoms with Gasteiger partial charge in [-0.3, -0.25) is 0 Å². The molecule has 7 nitrogen and oxygen atoms in total. The van der Waals surface area contributed by atoms with Gasteiger partial charge in [-0.1, -0.05) is 19.1 Å². The number of carbonyl (C=O) groups is 1. The van der Waals surface area contributed by atoms with E-state index in [1.54, 1.807) is 0 Å². The van der Waals surface area contributed by atoms with Gasteiger partial charge in [0.15, 0.2) is 5.82 Å². The van der Waals surface area contributed by atoms with E-state index in [2.05, 4.69) is 47.7 Å². The van der Waals surface area contributed by atoms with Gasteiger partial charge in [-0.2, -0.15) is 4.68 Å². The van der Waals surface area contributed by atoms with Crippen LogP contribution in [0, 0.1) is 19.8 Å². The van der Waals surface area contributed by atoms with E-state index >= 15 is 0 Å². The van der Waals surface area contributed by atoms with Gasteiger partial charge in [-0.25, -0.2) is 4.79 Å². The molecule has 1 N–H and O–H groups in total. The van der Waals surface area contributed by atoms with Crippen LogP contribution in [0.4, 0.5) is 4.79 Å². The summed E-state index contributed by atoms with van der Waals surface area (Å²) in [6.07, 6.45) is 3.80. The third-order valence-corrected chi connectivity index (χ3v) is 6.07. The molecule has 1 saturated carbocycles.